The topological polar surface area (TPSA) is 169 Å². The molecule has 16 heteroatoms. The van der Waals surface area contributed by atoms with Gasteiger partial charge >= 0.3 is 30.2 Å². The van der Waals surface area contributed by atoms with E-state index in [4.69, 9.17) is 28.4 Å². The lowest BCUT2D eigenvalue weighted by Crippen LogP contribution is -2.16. The Kier molecular flexibility index (Phi) is 15.8. The van der Waals surface area contributed by atoms with Crippen LogP contribution in [0.5, 0.6) is 34.8 Å². The van der Waals surface area contributed by atoms with Gasteiger partial charge in [0, 0.05) is 12.2 Å². The van der Waals surface area contributed by atoms with Crippen molar-refractivity contribution in [2.45, 2.75) is 57.7 Å². The van der Waals surface area contributed by atoms with Crippen molar-refractivity contribution in [2.75, 3.05) is 26.4 Å². The number of carbonyl (C=O) groups is 4. The minimum Gasteiger partial charge on any atom is -0.494 e. The van der Waals surface area contributed by atoms with Crippen molar-refractivity contribution >= 4 is 45.4 Å². The third-order valence-corrected chi connectivity index (χ3v) is 9.21. The molecule has 0 aliphatic heterocycles. The molecule has 13 nitrogen and oxygen atoms in total. The lowest BCUT2D eigenvalue weighted by Gasteiger charge is -2.10. The number of hydrogen-bond acceptors (Lipinski definition) is 12. The molecule has 0 saturated heterocycles. The van der Waals surface area contributed by atoms with E-state index < -0.39 is 58.0 Å². The van der Waals surface area contributed by atoms with E-state index in [2.05, 4.69) is 13.2 Å². The van der Waals surface area contributed by atoms with Crippen LogP contribution in [0.25, 0.3) is 21.5 Å². The first-order chi connectivity index (χ1) is 29.3. The van der Waals surface area contributed by atoms with E-state index in [-0.39, 0.29) is 11.1 Å². The molecule has 0 aliphatic rings. The summed E-state index contributed by atoms with van der Waals surface area (Å²) in [5, 5.41) is 23.5. The van der Waals surface area contributed by atoms with Gasteiger partial charge < -0.3 is 38.6 Å². The maximum absolute atomic E-state index is 13.9. The van der Waals surface area contributed by atoms with Gasteiger partial charge in [0.2, 0.25) is 23.3 Å². The number of rotatable bonds is 22. The number of hydrogen-bond donors (Lipinski definition) is 2. The minimum absolute atomic E-state index is 0.127. The fourth-order valence-electron chi connectivity index (χ4n) is 6.07. The molecule has 0 unspecified atom stereocenters. The van der Waals surface area contributed by atoms with E-state index in [1.54, 1.807) is 48.5 Å². The molecule has 0 amide bonds. The summed E-state index contributed by atoms with van der Waals surface area (Å²) in [6.45, 7) is 8.20. The second-order valence-corrected chi connectivity index (χ2v) is 13.6. The summed E-state index contributed by atoms with van der Waals surface area (Å²) < 4.78 is 72.8. The number of halogens is 3. The van der Waals surface area contributed by atoms with Crippen molar-refractivity contribution < 1.29 is 71.0 Å². The van der Waals surface area contributed by atoms with E-state index >= 15 is 0 Å². The maximum Gasteiger partial charge on any atom is 0.494 e. The van der Waals surface area contributed by atoms with Crippen LogP contribution in [-0.4, -0.2) is 65.1 Å². The predicted octanol–water partition coefficient (Wildman–Crippen LogP) is 9.46. The van der Waals surface area contributed by atoms with E-state index in [1.807, 2.05) is 0 Å². The van der Waals surface area contributed by atoms with Gasteiger partial charge in [-0.2, -0.15) is 4.57 Å². The Morgan fingerprint density at radius 2 is 0.902 bits per heavy atom. The molecule has 0 spiro atoms. The van der Waals surface area contributed by atoms with Crippen LogP contribution in [0.4, 0.5) is 13.2 Å². The molecule has 5 aromatic rings. The number of carbonyl (C=O) groups excluding carboxylic acids is 4. The van der Waals surface area contributed by atoms with Crippen molar-refractivity contribution in [1.29, 1.82) is 0 Å². The fourth-order valence-corrected chi connectivity index (χ4v) is 6.07. The highest BCUT2D eigenvalue weighted by molar-refractivity contribution is 5.99. The lowest BCUT2D eigenvalue weighted by molar-refractivity contribution is -0.208. The Bertz CT molecular complexity index is 2230. The van der Waals surface area contributed by atoms with Gasteiger partial charge in [-0.05, 0) is 121 Å². The number of esters is 4. The van der Waals surface area contributed by atoms with E-state index in [0.717, 1.165) is 63.5 Å². The van der Waals surface area contributed by atoms with Crippen LogP contribution in [0.15, 0.2) is 98.1 Å². The molecule has 0 atom stereocenters. The monoisotopic (exact) mass is 847 g/mol. The summed E-state index contributed by atoms with van der Waals surface area (Å²) in [7, 11) is 0. The SMILES string of the molecule is C=CC(=O)OCCCCCCOc1ccc2cc(C(=O)Oc3c(OC(=O)c4ccc5cc(OCCCCCCOC(=O)C=C)ccc5c4)c(O)n(C(F)(F)F)c3O)ccc2c1. The number of nitrogens with zero attached hydrogens (tertiary/aromatic N) is 1. The van der Waals surface area contributed by atoms with E-state index in [9.17, 15) is 42.6 Å². The van der Waals surface area contributed by atoms with Crippen LogP contribution < -0.4 is 18.9 Å². The summed E-state index contributed by atoms with van der Waals surface area (Å²) in [4.78, 5) is 48.8. The Morgan fingerprint density at radius 1 is 0.541 bits per heavy atom. The molecule has 1 heterocycles. The minimum atomic E-state index is -5.41. The number of unbranched alkanes of at least 4 members (excludes halogenated alkanes) is 6. The highest BCUT2D eigenvalue weighted by atomic mass is 19.4. The Hall–Kier alpha value is -6.97. The number of fused-ring (bicyclic) bond motifs is 2. The van der Waals surface area contributed by atoms with Crippen LogP contribution in [0.2, 0.25) is 0 Å². The molecular formula is C45H44F3NO12. The standard InChI is InChI=1S/C45H44F3NO12/c1-3-37(50)58-23-11-7-5-9-21-56-35-19-17-29-25-33(15-13-31(29)27-35)43(54)60-39-40(42(53)49(41(39)52)45(46,47)48)61-44(55)34-16-14-32-28-36(20-18-30(32)26-34)57-22-10-6-8-12-24-59-38(51)4-2/h3-4,13-20,25-28,52-53H,1-2,5-12,21-24H2. The highest BCUT2D eigenvalue weighted by Gasteiger charge is 2.43. The maximum atomic E-state index is 13.9. The normalized spacial score (nSPS) is 11.2. The molecule has 0 saturated carbocycles. The molecule has 61 heavy (non-hydrogen) atoms. The first-order valence-electron chi connectivity index (χ1n) is 19.4. The summed E-state index contributed by atoms with van der Waals surface area (Å²) in [5.41, 5.74) is -0.255. The molecule has 0 bridgehead atoms. The van der Waals surface area contributed by atoms with Gasteiger partial charge in [-0.25, -0.2) is 19.2 Å². The third-order valence-electron chi connectivity index (χ3n) is 9.21. The molecule has 5 rings (SSSR count). The summed E-state index contributed by atoms with van der Waals surface area (Å²) in [6.07, 6.45) is 3.18. The zero-order valence-electron chi connectivity index (χ0n) is 33.0. The van der Waals surface area contributed by atoms with Gasteiger partial charge in [-0.3, -0.25) is 0 Å². The van der Waals surface area contributed by atoms with Gasteiger partial charge in [-0.1, -0.05) is 37.4 Å². The summed E-state index contributed by atoms with van der Waals surface area (Å²) >= 11 is 0. The van der Waals surface area contributed by atoms with E-state index in [0.29, 0.717) is 59.5 Å². The first kappa shape index (κ1) is 45.1. The van der Waals surface area contributed by atoms with Crippen LogP contribution >= 0.6 is 0 Å². The number of aromatic hydroxyl groups is 2. The molecule has 2 N–H and O–H groups in total. The molecule has 0 radical (unpaired) electrons. The van der Waals surface area contributed by atoms with Crippen molar-refractivity contribution in [3.63, 3.8) is 0 Å². The van der Waals surface area contributed by atoms with Crippen LogP contribution in [0, 0.1) is 0 Å². The van der Waals surface area contributed by atoms with Crippen molar-refractivity contribution in [1.82, 2.24) is 4.57 Å². The molecule has 0 fully saturated rings. The molecule has 0 aliphatic carbocycles. The summed E-state index contributed by atoms with van der Waals surface area (Å²) in [5.74, 6) is -8.12. The quantitative estimate of drug-likeness (QED) is 0.0385. The zero-order valence-corrected chi connectivity index (χ0v) is 33.0. The number of aromatic nitrogens is 1. The van der Waals surface area contributed by atoms with Crippen LogP contribution in [0.3, 0.4) is 0 Å². The van der Waals surface area contributed by atoms with Gasteiger partial charge in [0.1, 0.15) is 11.5 Å². The Labute approximate surface area is 348 Å². The number of benzene rings is 4. The molecular weight excluding hydrogens is 803 g/mol. The predicted molar refractivity (Wildman–Crippen MR) is 217 cm³/mol. The van der Waals surface area contributed by atoms with Crippen LogP contribution in [-0.2, 0) is 25.4 Å². The largest absolute Gasteiger partial charge is 0.494 e. The van der Waals surface area contributed by atoms with Crippen molar-refractivity contribution in [3.8, 4) is 34.8 Å². The first-order valence-corrected chi connectivity index (χ1v) is 19.4. The second-order valence-electron chi connectivity index (χ2n) is 13.6. The van der Waals surface area contributed by atoms with Crippen LogP contribution in [0.1, 0.15) is 72.1 Å². The molecule has 1 aromatic heterocycles. The zero-order chi connectivity index (χ0) is 43.9. The van der Waals surface area contributed by atoms with Gasteiger partial charge in [0.15, 0.2) is 0 Å². The van der Waals surface area contributed by atoms with Gasteiger partial charge in [0.05, 0.1) is 37.6 Å². The number of alkyl halides is 3. The van der Waals surface area contributed by atoms with E-state index in [1.165, 1.54) is 24.3 Å². The Morgan fingerprint density at radius 3 is 1.28 bits per heavy atom. The van der Waals surface area contributed by atoms with Gasteiger partial charge in [0.25, 0.3) is 0 Å². The number of ether oxygens (including phenoxy) is 6. The summed E-state index contributed by atoms with van der Waals surface area (Å²) in [6, 6.07) is 18.8. The van der Waals surface area contributed by atoms with Gasteiger partial charge in [-0.15, -0.1) is 13.2 Å². The average molecular weight is 848 g/mol. The molecule has 4 aromatic carbocycles. The lowest BCUT2D eigenvalue weighted by atomic mass is 10.1. The smallest absolute Gasteiger partial charge is 0.494 e. The second kappa shape index (κ2) is 21.3. The third kappa shape index (κ3) is 12.5. The highest BCUT2D eigenvalue weighted by Crippen LogP contribution is 2.51. The molecule has 322 valence electrons. The average Bonchev–Trinajstić information content (AvgIpc) is 3.48. The van der Waals surface area contributed by atoms with Crippen molar-refractivity contribution in [2.24, 2.45) is 0 Å². The van der Waals surface area contributed by atoms with Crippen molar-refractivity contribution in [3.05, 3.63) is 109 Å². The fraction of sp³-hybridized carbons (Fsp3) is 0.289. The Balaban J connectivity index is 1.20.